The number of hydrogen-bond donors (Lipinski definition) is 4. The first-order valence-electron chi connectivity index (χ1n) is 6.35. The standard InChI is InChI=1S/2C8H8O3.Zn/c2*9-7(8(10)11)6-4-2-1-3-5-6;/h2*1-5,7,9H,(H,10,11);. The zero-order valence-corrected chi connectivity index (χ0v) is 15.2. The third-order valence-corrected chi connectivity index (χ3v) is 2.70. The van der Waals surface area contributed by atoms with Crippen LogP contribution in [0.4, 0.5) is 0 Å². The molecule has 2 rings (SSSR count). The molecule has 4 N–H and O–H groups in total. The molecule has 118 valence electrons. The van der Waals surface area contributed by atoms with Crippen LogP contribution in [0.1, 0.15) is 23.3 Å². The summed E-state index contributed by atoms with van der Waals surface area (Å²) in [7, 11) is 0. The molecule has 0 fully saturated rings. The van der Waals surface area contributed by atoms with Crippen LogP contribution in [0, 0.1) is 0 Å². The van der Waals surface area contributed by atoms with Gasteiger partial charge in [0.25, 0.3) is 0 Å². The molecule has 2 aromatic rings. The predicted molar refractivity (Wildman–Crippen MR) is 78.1 cm³/mol. The Hall–Kier alpha value is -2.08. The van der Waals surface area contributed by atoms with Crippen molar-refractivity contribution in [1.29, 1.82) is 0 Å². The molecule has 7 heteroatoms. The van der Waals surface area contributed by atoms with Crippen molar-refractivity contribution >= 4 is 11.9 Å². The van der Waals surface area contributed by atoms with Crippen molar-refractivity contribution < 1.29 is 49.5 Å². The Labute approximate surface area is 145 Å². The quantitative estimate of drug-likeness (QED) is 0.609. The number of carbonyl (C=O) groups is 2. The van der Waals surface area contributed by atoms with Gasteiger partial charge in [0.15, 0.2) is 12.2 Å². The first-order chi connectivity index (χ1) is 10.4. The molecule has 0 radical (unpaired) electrons. The summed E-state index contributed by atoms with van der Waals surface area (Å²) in [5, 5.41) is 34.8. The van der Waals surface area contributed by atoms with E-state index in [1.807, 2.05) is 0 Å². The third kappa shape index (κ3) is 7.15. The van der Waals surface area contributed by atoms with Gasteiger partial charge >= 0.3 is 11.9 Å². The molecule has 2 atom stereocenters. The van der Waals surface area contributed by atoms with Crippen LogP contribution in [-0.4, -0.2) is 32.4 Å². The van der Waals surface area contributed by atoms with Gasteiger partial charge in [-0.1, -0.05) is 60.7 Å². The average molecular weight is 370 g/mol. The maximum absolute atomic E-state index is 10.2. The van der Waals surface area contributed by atoms with E-state index in [0.29, 0.717) is 11.1 Å². The Morgan fingerprint density at radius 3 is 1.13 bits per heavy atom. The van der Waals surface area contributed by atoms with Gasteiger partial charge < -0.3 is 20.4 Å². The van der Waals surface area contributed by atoms with Crippen molar-refractivity contribution in [2.24, 2.45) is 0 Å². The second-order valence-corrected chi connectivity index (χ2v) is 4.30. The van der Waals surface area contributed by atoms with Crippen LogP contribution in [0.2, 0.25) is 0 Å². The molecule has 23 heavy (non-hydrogen) atoms. The van der Waals surface area contributed by atoms with E-state index >= 15 is 0 Å². The summed E-state index contributed by atoms with van der Waals surface area (Å²) < 4.78 is 0. The van der Waals surface area contributed by atoms with E-state index in [0.717, 1.165) is 0 Å². The number of rotatable bonds is 4. The van der Waals surface area contributed by atoms with Gasteiger partial charge in [-0.3, -0.25) is 0 Å². The molecule has 2 aromatic carbocycles. The maximum Gasteiger partial charge on any atom is 0.337 e. The summed E-state index contributed by atoms with van der Waals surface area (Å²) in [4.78, 5) is 20.5. The molecule has 6 nitrogen and oxygen atoms in total. The number of hydrogen-bond acceptors (Lipinski definition) is 4. The Morgan fingerprint density at radius 1 is 0.652 bits per heavy atom. The molecule has 0 aliphatic rings. The number of carboxylic acids is 2. The summed E-state index contributed by atoms with van der Waals surface area (Å²) in [6.45, 7) is 0. The predicted octanol–water partition coefficient (Wildman–Crippen LogP) is 1.61. The topological polar surface area (TPSA) is 115 Å². The second-order valence-electron chi connectivity index (χ2n) is 4.30. The van der Waals surface area contributed by atoms with E-state index in [4.69, 9.17) is 20.4 Å². The molecule has 0 heterocycles. The summed E-state index contributed by atoms with van der Waals surface area (Å²) in [6, 6.07) is 16.5. The summed E-state index contributed by atoms with van der Waals surface area (Å²) in [6.07, 6.45) is -2.81. The maximum atomic E-state index is 10.2. The summed E-state index contributed by atoms with van der Waals surface area (Å²) in [5.41, 5.74) is 0.806. The van der Waals surface area contributed by atoms with Crippen LogP contribution in [0.3, 0.4) is 0 Å². The van der Waals surface area contributed by atoms with Gasteiger partial charge in [-0.05, 0) is 11.1 Å². The largest absolute Gasteiger partial charge is 0.479 e. The minimum atomic E-state index is -1.41. The van der Waals surface area contributed by atoms with E-state index in [9.17, 15) is 9.59 Å². The molecule has 0 aliphatic carbocycles. The average Bonchev–Trinajstić information content (AvgIpc) is 2.55. The van der Waals surface area contributed by atoms with Crippen molar-refractivity contribution in [3.63, 3.8) is 0 Å². The normalized spacial score (nSPS) is 11.9. The minimum absolute atomic E-state index is 0. The van der Waals surface area contributed by atoms with Crippen LogP contribution < -0.4 is 0 Å². The van der Waals surface area contributed by atoms with E-state index in [-0.39, 0.29) is 19.5 Å². The van der Waals surface area contributed by atoms with Crippen LogP contribution >= 0.6 is 0 Å². The monoisotopic (exact) mass is 368 g/mol. The first kappa shape index (κ1) is 20.9. The minimum Gasteiger partial charge on any atom is -0.479 e. The Bertz CT molecular complexity index is 547. The summed E-state index contributed by atoms with van der Waals surface area (Å²) >= 11 is 0. The van der Waals surface area contributed by atoms with Crippen molar-refractivity contribution in [2.75, 3.05) is 0 Å². The molecule has 0 saturated heterocycles. The number of aliphatic hydroxyl groups is 2. The van der Waals surface area contributed by atoms with Crippen molar-refractivity contribution in [3.05, 3.63) is 71.8 Å². The van der Waals surface area contributed by atoms with Gasteiger partial charge in [-0.15, -0.1) is 0 Å². The van der Waals surface area contributed by atoms with Crippen molar-refractivity contribution in [3.8, 4) is 0 Å². The van der Waals surface area contributed by atoms with Crippen LogP contribution in [-0.2, 0) is 29.1 Å². The fourth-order valence-corrected chi connectivity index (χ4v) is 1.56. The molecule has 2 unspecified atom stereocenters. The van der Waals surface area contributed by atoms with Gasteiger partial charge in [-0.25, -0.2) is 9.59 Å². The fourth-order valence-electron chi connectivity index (χ4n) is 1.56. The zero-order valence-electron chi connectivity index (χ0n) is 12.2. The molecule has 0 bridgehead atoms. The Kier molecular flexibility index (Phi) is 9.66. The fraction of sp³-hybridized carbons (Fsp3) is 0.125. The van der Waals surface area contributed by atoms with Crippen LogP contribution in [0.25, 0.3) is 0 Å². The third-order valence-electron chi connectivity index (χ3n) is 2.70. The van der Waals surface area contributed by atoms with Gasteiger partial charge in [0, 0.05) is 19.5 Å². The van der Waals surface area contributed by atoms with E-state index in [2.05, 4.69) is 0 Å². The number of aliphatic carboxylic acids is 2. The number of aliphatic hydroxyl groups excluding tert-OH is 2. The number of carboxylic acid groups (broad SMARTS) is 2. The molecule has 0 amide bonds. The molecular weight excluding hydrogens is 354 g/mol. The Balaban J connectivity index is 0.000000403. The number of benzene rings is 2. The molecule has 0 aliphatic heterocycles. The molecule has 0 aromatic heterocycles. The van der Waals surface area contributed by atoms with Crippen LogP contribution in [0.15, 0.2) is 60.7 Å². The van der Waals surface area contributed by atoms with Gasteiger partial charge in [0.05, 0.1) is 0 Å². The van der Waals surface area contributed by atoms with E-state index in [1.54, 1.807) is 60.7 Å². The summed E-state index contributed by atoms with van der Waals surface area (Å²) in [5.74, 6) is -2.45. The first-order valence-corrected chi connectivity index (χ1v) is 6.35. The van der Waals surface area contributed by atoms with Gasteiger partial charge in [0.2, 0.25) is 0 Å². The van der Waals surface area contributed by atoms with E-state index in [1.165, 1.54) is 0 Å². The zero-order chi connectivity index (χ0) is 16.5. The SMILES string of the molecule is O=C(O)C(O)c1ccccc1.O=C(O)C(O)c1ccccc1.[Zn]. The van der Waals surface area contributed by atoms with Crippen LogP contribution in [0.5, 0.6) is 0 Å². The van der Waals surface area contributed by atoms with Gasteiger partial charge in [0.1, 0.15) is 0 Å². The molecular formula is C16H16O6Zn. The van der Waals surface area contributed by atoms with E-state index < -0.39 is 24.1 Å². The molecule has 0 saturated carbocycles. The van der Waals surface area contributed by atoms with Gasteiger partial charge in [-0.2, -0.15) is 0 Å². The second kappa shape index (κ2) is 10.6. The van der Waals surface area contributed by atoms with Crippen molar-refractivity contribution in [1.82, 2.24) is 0 Å². The Morgan fingerprint density at radius 2 is 0.913 bits per heavy atom. The van der Waals surface area contributed by atoms with Crippen molar-refractivity contribution in [2.45, 2.75) is 12.2 Å². The smallest absolute Gasteiger partial charge is 0.337 e. The molecule has 0 spiro atoms.